The Labute approximate surface area is 70.6 Å². The first-order valence-corrected chi connectivity index (χ1v) is 3.99. The highest BCUT2D eigenvalue weighted by molar-refractivity contribution is 5.35. The summed E-state index contributed by atoms with van der Waals surface area (Å²) in [7, 11) is 0. The van der Waals surface area contributed by atoms with E-state index in [1.165, 1.54) is 6.33 Å². The monoisotopic (exact) mass is 165 g/mol. The van der Waals surface area contributed by atoms with Crippen LogP contribution in [-0.2, 0) is 0 Å². The highest BCUT2D eigenvalue weighted by Crippen LogP contribution is 2.14. The highest BCUT2D eigenvalue weighted by Gasteiger charge is 2.20. The summed E-state index contributed by atoms with van der Waals surface area (Å²) in [6, 6.07) is 0.270. The molecule has 0 aromatic carbocycles. The lowest BCUT2D eigenvalue weighted by atomic mass is 10.3. The van der Waals surface area contributed by atoms with E-state index in [1.807, 2.05) is 0 Å². The van der Waals surface area contributed by atoms with E-state index < -0.39 is 0 Å². The van der Waals surface area contributed by atoms with Crippen LogP contribution >= 0.6 is 0 Å². The van der Waals surface area contributed by atoms with Crippen LogP contribution in [0.3, 0.4) is 0 Å². The molecule has 64 valence electrons. The fourth-order valence-electron chi connectivity index (χ4n) is 1.38. The molecule has 1 saturated heterocycles. The molecule has 2 rings (SSSR count). The quantitative estimate of drug-likeness (QED) is 0.602. The van der Waals surface area contributed by atoms with Crippen LogP contribution in [0.25, 0.3) is 0 Å². The SMILES string of the molecule is N[C@@H]1CCN(c2cncnn2)C1. The van der Waals surface area contributed by atoms with Crippen LogP contribution in [0.1, 0.15) is 6.42 Å². The van der Waals surface area contributed by atoms with Gasteiger partial charge in [-0.05, 0) is 6.42 Å². The van der Waals surface area contributed by atoms with E-state index in [0.717, 1.165) is 25.3 Å². The molecule has 0 bridgehead atoms. The second-order valence-electron chi connectivity index (χ2n) is 2.96. The molecule has 5 heteroatoms. The Morgan fingerprint density at radius 2 is 2.50 bits per heavy atom. The molecule has 0 unspecified atom stereocenters. The van der Waals surface area contributed by atoms with Gasteiger partial charge in [-0.2, -0.15) is 0 Å². The average Bonchev–Trinajstić information content (AvgIpc) is 2.54. The molecule has 0 amide bonds. The van der Waals surface area contributed by atoms with E-state index in [-0.39, 0.29) is 6.04 Å². The Balaban J connectivity index is 2.11. The van der Waals surface area contributed by atoms with Crippen molar-refractivity contribution >= 4 is 5.82 Å². The lowest BCUT2D eigenvalue weighted by Crippen LogP contribution is -2.27. The molecule has 1 aromatic heterocycles. The first-order chi connectivity index (χ1) is 5.86. The van der Waals surface area contributed by atoms with Crippen molar-refractivity contribution < 1.29 is 0 Å². The van der Waals surface area contributed by atoms with Crippen LogP contribution in [0.5, 0.6) is 0 Å². The molecule has 12 heavy (non-hydrogen) atoms. The number of aromatic nitrogens is 3. The second kappa shape index (κ2) is 3.02. The minimum atomic E-state index is 0.270. The molecule has 0 saturated carbocycles. The fraction of sp³-hybridized carbons (Fsp3) is 0.571. The molecule has 1 aliphatic rings. The van der Waals surface area contributed by atoms with Crippen LogP contribution in [0.4, 0.5) is 5.82 Å². The molecule has 0 radical (unpaired) electrons. The summed E-state index contributed by atoms with van der Waals surface area (Å²) in [6.07, 6.45) is 4.17. The molecule has 0 aliphatic carbocycles. The smallest absolute Gasteiger partial charge is 0.169 e. The largest absolute Gasteiger partial charge is 0.352 e. The summed E-state index contributed by atoms with van der Waals surface area (Å²) in [5.41, 5.74) is 5.75. The van der Waals surface area contributed by atoms with Crippen molar-refractivity contribution in [2.24, 2.45) is 5.73 Å². The van der Waals surface area contributed by atoms with E-state index in [4.69, 9.17) is 5.73 Å². The Morgan fingerprint density at radius 1 is 1.58 bits per heavy atom. The summed E-state index contributed by atoms with van der Waals surface area (Å²) < 4.78 is 0. The van der Waals surface area contributed by atoms with Gasteiger partial charge in [0, 0.05) is 19.1 Å². The van der Waals surface area contributed by atoms with Crippen LogP contribution < -0.4 is 10.6 Å². The van der Waals surface area contributed by atoms with Crippen LogP contribution in [0.15, 0.2) is 12.5 Å². The number of nitrogens with zero attached hydrogens (tertiary/aromatic N) is 4. The zero-order valence-corrected chi connectivity index (χ0v) is 6.72. The van der Waals surface area contributed by atoms with Crippen molar-refractivity contribution in [3.8, 4) is 0 Å². The molecule has 0 spiro atoms. The topological polar surface area (TPSA) is 67.9 Å². The van der Waals surface area contributed by atoms with Gasteiger partial charge < -0.3 is 10.6 Å². The highest BCUT2D eigenvalue weighted by atomic mass is 15.3. The molecular formula is C7H11N5. The fourth-order valence-corrected chi connectivity index (χ4v) is 1.38. The maximum atomic E-state index is 5.75. The van der Waals surface area contributed by atoms with E-state index in [1.54, 1.807) is 6.20 Å². The standard InChI is InChI=1S/C7H11N5/c8-6-1-2-12(4-6)7-3-9-5-10-11-7/h3,5-6H,1-2,4,8H2/t6-/m1/s1. The van der Waals surface area contributed by atoms with Gasteiger partial charge in [-0.25, -0.2) is 4.98 Å². The number of rotatable bonds is 1. The predicted octanol–water partition coefficient (Wildman–Crippen LogP) is -0.591. The lowest BCUT2D eigenvalue weighted by molar-refractivity contribution is 0.750. The van der Waals surface area contributed by atoms with Gasteiger partial charge in [-0.1, -0.05) is 0 Å². The van der Waals surface area contributed by atoms with Crippen LogP contribution in [0, 0.1) is 0 Å². The molecule has 1 aromatic rings. The van der Waals surface area contributed by atoms with Crippen LogP contribution in [-0.4, -0.2) is 34.3 Å². The Kier molecular flexibility index (Phi) is 1.87. The summed E-state index contributed by atoms with van der Waals surface area (Å²) in [5, 5.41) is 7.66. The van der Waals surface area contributed by atoms with Crippen molar-refractivity contribution in [1.29, 1.82) is 0 Å². The third-order valence-corrected chi connectivity index (χ3v) is 2.02. The number of hydrogen-bond acceptors (Lipinski definition) is 5. The summed E-state index contributed by atoms with van der Waals surface area (Å²) in [6.45, 7) is 1.82. The van der Waals surface area contributed by atoms with Crippen molar-refractivity contribution in [2.45, 2.75) is 12.5 Å². The van der Waals surface area contributed by atoms with Gasteiger partial charge in [0.15, 0.2) is 5.82 Å². The van der Waals surface area contributed by atoms with Gasteiger partial charge >= 0.3 is 0 Å². The average molecular weight is 165 g/mol. The zero-order valence-electron chi connectivity index (χ0n) is 6.72. The van der Waals surface area contributed by atoms with Crippen molar-refractivity contribution in [1.82, 2.24) is 15.2 Å². The molecule has 1 fully saturated rings. The van der Waals surface area contributed by atoms with Gasteiger partial charge in [0.2, 0.25) is 0 Å². The van der Waals surface area contributed by atoms with E-state index in [0.29, 0.717) is 0 Å². The normalized spacial score (nSPS) is 23.1. The summed E-state index contributed by atoms with van der Waals surface area (Å²) in [4.78, 5) is 6.00. The number of anilines is 1. The minimum Gasteiger partial charge on any atom is -0.352 e. The lowest BCUT2D eigenvalue weighted by Gasteiger charge is -2.14. The van der Waals surface area contributed by atoms with Gasteiger partial charge in [0.25, 0.3) is 0 Å². The summed E-state index contributed by atoms with van der Waals surface area (Å²) >= 11 is 0. The minimum absolute atomic E-state index is 0.270. The van der Waals surface area contributed by atoms with Crippen LogP contribution in [0.2, 0.25) is 0 Å². The maximum Gasteiger partial charge on any atom is 0.169 e. The maximum absolute atomic E-state index is 5.75. The molecule has 2 heterocycles. The first-order valence-electron chi connectivity index (χ1n) is 3.99. The van der Waals surface area contributed by atoms with Crippen molar-refractivity contribution in [3.63, 3.8) is 0 Å². The number of hydrogen-bond donors (Lipinski definition) is 1. The molecular weight excluding hydrogens is 154 g/mol. The predicted molar refractivity (Wildman–Crippen MR) is 44.6 cm³/mol. The van der Waals surface area contributed by atoms with Gasteiger partial charge in [0.05, 0.1) is 6.20 Å². The van der Waals surface area contributed by atoms with Gasteiger partial charge in [-0.15, -0.1) is 10.2 Å². The van der Waals surface area contributed by atoms with Crippen molar-refractivity contribution in [2.75, 3.05) is 18.0 Å². The molecule has 5 nitrogen and oxygen atoms in total. The zero-order chi connectivity index (χ0) is 8.39. The summed E-state index contributed by atoms with van der Waals surface area (Å²) in [5.74, 6) is 0.824. The third kappa shape index (κ3) is 1.35. The molecule has 1 atom stereocenters. The van der Waals surface area contributed by atoms with Gasteiger partial charge in [0.1, 0.15) is 6.33 Å². The van der Waals surface area contributed by atoms with E-state index >= 15 is 0 Å². The molecule has 2 N–H and O–H groups in total. The third-order valence-electron chi connectivity index (χ3n) is 2.02. The first kappa shape index (κ1) is 7.42. The number of nitrogens with two attached hydrogens (primary N) is 1. The second-order valence-corrected chi connectivity index (χ2v) is 2.96. The van der Waals surface area contributed by atoms with E-state index in [2.05, 4.69) is 20.1 Å². The van der Waals surface area contributed by atoms with Crippen molar-refractivity contribution in [3.05, 3.63) is 12.5 Å². The molecule has 1 aliphatic heterocycles. The van der Waals surface area contributed by atoms with E-state index in [9.17, 15) is 0 Å². The Hall–Kier alpha value is -1.23. The van der Waals surface area contributed by atoms with Gasteiger partial charge in [-0.3, -0.25) is 0 Å². The Bertz CT molecular complexity index is 249. The Morgan fingerprint density at radius 3 is 3.08 bits per heavy atom.